The van der Waals surface area contributed by atoms with Crippen LogP contribution in [0, 0.1) is 11.6 Å². The van der Waals surface area contributed by atoms with E-state index >= 15 is 0 Å². The van der Waals surface area contributed by atoms with Gasteiger partial charge in [0.05, 0.1) is 16.5 Å². The molecular weight excluding hydrogens is 432 g/mol. The average Bonchev–Trinajstić information content (AvgIpc) is 3.24. The fourth-order valence-electron chi connectivity index (χ4n) is 4.52. The van der Waals surface area contributed by atoms with Crippen molar-refractivity contribution < 1.29 is 23.7 Å². The number of nitrogens with two attached hydrogens (primary N) is 1. The fraction of sp³-hybridized carbons (Fsp3) is 0.400. The molecule has 4 atom stereocenters. The van der Waals surface area contributed by atoms with Crippen LogP contribution in [-0.4, -0.2) is 49.6 Å². The molecule has 3 aromatic rings. The zero-order valence-electron chi connectivity index (χ0n) is 16.2. The molecule has 8 nitrogen and oxygen atoms in total. The number of benzene rings is 1. The third-order valence-corrected chi connectivity index (χ3v) is 6.36. The smallest absolute Gasteiger partial charge is 0.162 e. The highest BCUT2D eigenvalue weighted by atomic mass is 35.5. The number of nitrogen functional groups attached to an aromatic ring is 1. The molecule has 3 heterocycles. The summed E-state index contributed by atoms with van der Waals surface area (Å²) in [5.41, 5.74) is 7.10. The summed E-state index contributed by atoms with van der Waals surface area (Å²) in [6, 6.07) is 0.368. The van der Waals surface area contributed by atoms with Crippen molar-refractivity contribution in [3.8, 4) is 5.75 Å². The zero-order valence-corrected chi connectivity index (χ0v) is 17.0. The van der Waals surface area contributed by atoms with Gasteiger partial charge < -0.3 is 30.6 Å². The van der Waals surface area contributed by atoms with Crippen molar-refractivity contribution in [3.05, 3.63) is 46.4 Å². The molecule has 0 saturated heterocycles. The van der Waals surface area contributed by atoms with Gasteiger partial charge in [-0.05, 0) is 13.0 Å². The maximum absolute atomic E-state index is 14.2. The summed E-state index contributed by atoms with van der Waals surface area (Å²) >= 11 is 6.28. The van der Waals surface area contributed by atoms with Crippen LogP contribution in [0.25, 0.3) is 11.0 Å². The van der Waals surface area contributed by atoms with E-state index < -0.39 is 36.0 Å². The van der Waals surface area contributed by atoms with Crippen LogP contribution in [0.4, 0.5) is 14.6 Å². The molecule has 0 spiro atoms. The highest BCUT2D eigenvalue weighted by Gasteiger charge is 2.45. The Hall–Kier alpha value is -2.53. The molecule has 164 valence electrons. The summed E-state index contributed by atoms with van der Waals surface area (Å²) in [6.07, 6.45) is 0.0654. The summed E-state index contributed by atoms with van der Waals surface area (Å²) < 4.78 is 35.9. The maximum Gasteiger partial charge on any atom is 0.162 e. The van der Waals surface area contributed by atoms with Crippen molar-refractivity contribution in [2.45, 2.75) is 43.7 Å². The zero-order chi connectivity index (χ0) is 21.9. The number of hydrogen-bond donors (Lipinski definition) is 4. The summed E-state index contributed by atoms with van der Waals surface area (Å²) in [5.74, 6) is -1.52. The number of nitrogens with one attached hydrogen (secondary N) is 1. The highest BCUT2D eigenvalue weighted by Crippen LogP contribution is 2.40. The molecule has 0 radical (unpaired) electrons. The Morgan fingerprint density at radius 3 is 2.84 bits per heavy atom. The maximum atomic E-state index is 14.2. The van der Waals surface area contributed by atoms with Gasteiger partial charge in [0.25, 0.3) is 0 Å². The number of anilines is 1. The van der Waals surface area contributed by atoms with Crippen molar-refractivity contribution in [3.63, 3.8) is 0 Å². The number of hydrogen-bond acceptors (Lipinski definition) is 7. The highest BCUT2D eigenvalue weighted by molar-refractivity contribution is 6.36. The molecule has 1 fully saturated rings. The summed E-state index contributed by atoms with van der Waals surface area (Å²) in [4.78, 5) is 8.14. The second kappa shape index (κ2) is 7.56. The molecule has 1 aliphatic heterocycles. The van der Waals surface area contributed by atoms with Crippen LogP contribution in [0.5, 0.6) is 5.75 Å². The van der Waals surface area contributed by atoms with E-state index in [-0.39, 0.29) is 23.6 Å². The molecule has 1 aliphatic carbocycles. The molecule has 5 rings (SSSR count). The molecule has 0 unspecified atom stereocenters. The quantitative estimate of drug-likeness (QED) is 0.478. The number of nitrogens with zero attached hydrogens (tertiary/aromatic N) is 3. The first kappa shape index (κ1) is 20.4. The monoisotopic (exact) mass is 451 g/mol. The lowest BCUT2D eigenvalue weighted by atomic mass is 9.99. The lowest BCUT2D eigenvalue weighted by molar-refractivity contribution is -0.0167. The fourth-order valence-corrected chi connectivity index (χ4v) is 4.80. The van der Waals surface area contributed by atoms with Crippen molar-refractivity contribution in [1.82, 2.24) is 19.9 Å². The second-order valence-electron chi connectivity index (χ2n) is 7.84. The van der Waals surface area contributed by atoms with Gasteiger partial charge in [-0.2, -0.15) is 0 Å². The van der Waals surface area contributed by atoms with E-state index in [4.69, 9.17) is 22.1 Å². The van der Waals surface area contributed by atoms with Gasteiger partial charge in [-0.25, -0.2) is 18.7 Å². The third kappa shape index (κ3) is 3.21. The van der Waals surface area contributed by atoms with Gasteiger partial charge in [0, 0.05) is 36.4 Å². The van der Waals surface area contributed by atoms with Crippen LogP contribution in [0.15, 0.2) is 18.6 Å². The second-order valence-corrected chi connectivity index (χ2v) is 8.24. The topological polar surface area (TPSA) is 118 Å². The number of ether oxygens (including phenoxy) is 1. The molecule has 1 aromatic carbocycles. The van der Waals surface area contributed by atoms with E-state index in [2.05, 4.69) is 15.3 Å². The van der Waals surface area contributed by atoms with Gasteiger partial charge in [0.15, 0.2) is 11.6 Å². The Balaban J connectivity index is 1.48. The van der Waals surface area contributed by atoms with E-state index in [1.54, 1.807) is 10.8 Å². The van der Waals surface area contributed by atoms with Gasteiger partial charge in [0.1, 0.15) is 41.9 Å². The predicted octanol–water partition coefficient (Wildman–Crippen LogP) is 1.70. The van der Waals surface area contributed by atoms with Crippen LogP contribution < -0.4 is 15.8 Å². The predicted molar refractivity (Wildman–Crippen MR) is 109 cm³/mol. The van der Waals surface area contributed by atoms with E-state index in [9.17, 15) is 19.0 Å². The largest absolute Gasteiger partial charge is 0.487 e. The molecule has 2 aromatic heterocycles. The molecule has 1 saturated carbocycles. The van der Waals surface area contributed by atoms with Gasteiger partial charge >= 0.3 is 0 Å². The molecular formula is C20H20ClF2N5O3. The third-order valence-electron chi connectivity index (χ3n) is 6.07. The minimum Gasteiger partial charge on any atom is -0.487 e. The van der Waals surface area contributed by atoms with Crippen molar-refractivity contribution in [2.75, 3.05) is 12.3 Å². The van der Waals surface area contributed by atoms with Crippen molar-refractivity contribution >= 4 is 28.5 Å². The van der Waals surface area contributed by atoms with Gasteiger partial charge in [-0.1, -0.05) is 11.6 Å². The standard InChI is InChI=1S/C20H20ClF2N5O3/c21-10-6-28(20-15(10)19(24)26-7-27-20)12-4-14(18(30)17(12)29)31-13-3-11(22)16(23)8-1-2-25-5-9(8)13/h3,6-7,12,14,17-18,25,29-30H,1-2,4-5H2,(H2,24,26,27)/t12-,14+,17+,18-/m1/s1. The number of aliphatic hydroxyl groups is 2. The molecule has 31 heavy (non-hydrogen) atoms. The average molecular weight is 452 g/mol. The Labute approximate surface area is 180 Å². The first-order valence-electron chi connectivity index (χ1n) is 9.86. The molecule has 2 aliphatic rings. The van der Waals surface area contributed by atoms with Crippen LogP contribution in [-0.2, 0) is 13.0 Å². The first-order chi connectivity index (χ1) is 14.9. The van der Waals surface area contributed by atoms with E-state index in [0.29, 0.717) is 41.1 Å². The van der Waals surface area contributed by atoms with Crippen LogP contribution >= 0.6 is 11.6 Å². The molecule has 5 N–H and O–H groups in total. The number of rotatable bonds is 3. The van der Waals surface area contributed by atoms with Crippen LogP contribution in [0.3, 0.4) is 0 Å². The molecule has 11 heteroatoms. The number of aromatic nitrogens is 3. The lowest BCUT2D eigenvalue weighted by Crippen LogP contribution is -2.35. The normalized spacial score (nSPS) is 25.7. The van der Waals surface area contributed by atoms with Crippen LogP contribution in [0.1, 0.15) is 23.6 Å². The van der Waals surface area contributed by atoms with Crippen LogP contribution in [0.2, 0.25) is 5.02 Å². The summed E-state index contributed by atoms with van der Waals surface area (Å²) in [7, 11) is 0. The Kier molecular flexibility index (Phi) is 4.97. The minimum atomic E-state index is -1.26. The number of fused-ring (bicyclic) bond motifs is 2. The Morgan fingerprint density at radius 1 is 1.23 bits per heavy atom. The first-order valence-corrected chi connectivity index (χ1v) is 10.2. The summed E-state index contributed by atoms with van der Waals surface area (Å²) in [5, 5.41) is 25.3. The Bertz CT molecular complexity index is 1170. The van der Waals surface area contributed by atoms with E-state index in [1.807, 2.05) is 0 Å². The van der Waals surface area contributed by atoms with Gasteiger partial charge in [-0.3, -0.25) is 0 Å². The summed E-state index contributed by atoms with van der Waals surface area (Å²) in [6.45, 7) is 0.858. The Morgan fingerprint density at radius 2 is 2.03 bits per heavy atom. The van der Waals surface area contributed by atoms with E-state index in [1.165, 1.54) is 6.33 Å². The van der Waals surface area contributed by atoms with Gasteiger partial charge in [-0.15, -0.1) is 0 Å². The van der Waals surface area contributed by atoms with Crippen molar-refractivity contribution in [1.29, 1.82) is 0 Å². The molecule has 0 bridgehead atoms. The lowest BCUT2D eigenvalue weighted by Gasteiger charge is -2.25. The molecule has 0 amide bonds. The minimum absolute atomic E-state index is 0.153. The number of halogens is 3. The van der Waals surface area contributed by atoms with E-state index in [0.717, 1.165) is 6.07 Å². The SMILES string of the molecule is Nc1ncnc2c1c(Cl)cn2[C@@H]1C[C@H](Oc2cc(F)c(F)c3c2CNCC3)[C@@H](O)[C@H]1O. The van der Waals surface area contributed by atoms with Gasteiger partial charge in [0.2, 0.25) is 0 Å². The van der Waals surface area contributed by atoms with Crippen molar-refractivity contribution in [2.24, 2.45) is 0 Å². The number of aliphatic hydroxyl groups excluding tert-OH is 2.